The zero-order valence-corrected chi connectivity index (χ0v) is 16.2. The second-order valence-electron chi connectivity index (χ2n) is 6.10. The molecule has 3 rings (SSSR count). The Hall–Kier alpha value is -3.12. The third-order valence-electron chi connectivity index (χ3n) is 3.96. The summed E-state index contributed by atoms with van der Waals surface area (Å²) in [6, 6.07) is 16.3. The van der Waals surface area contributed by atoms with Crippen LogP contribution in [0.15, 0.2) is 71.8 Å². The summed E-state index contributed by atoms with van der Waals surface area (Å²) in [5.74, 6) is 1.19. The lowest BCUT2D eigenvalue weighted by molar-refractivity contribution is -0.138. The molecule has 0 radical (unpaired) electrons. The highest BCUT2D eigenvalue weighted by atomic mass is 35.5. The molecule has 6 nitrogen and oxygen atoms in total. The summed E-state index contributed by atoms with van der Waals surface area (Å²) in [6.45, 7) is 5.92. The van der Waals surface area contributed by atoms with Crippen LogP contribution in [0, 0.1) is 0 Å². The van der Waals surface area contributed by atoms with Crippen molar-refractivity contribution in [2.45, 2.75) is 19.6 Å². The summed E-state index contributed by atoms with van der Waals surface area (Å²) < 4.78 is 11.0. The average molecular weight is 398 g/mol. The van der Waals surface area contributed by atoms with Gasteiger partial charge in [-0.2, -0.15) is 4.98 Å². The first-order valence-electron chi connectivity index (χ1n) is 8.76. The van der Waals surface area contributed by atoms with Crippen LogP contribution < -0.4 is 4.74 Å². The Morgan fingerprint density at radius 2 is 1.96 bits per heavy atom. The van der Waals surface area contributed by atoms with Gasteiger partial charge in [0, 0.05) is 17.1 Å². The van der Waals surface area contributed by atoms with Gasteiger partial charge in [0.15, 0.2) is 6.10 Å². The average Bonchev–Trinajstić information content (AvgIpc) is 3.17. The van der Waals surface area contributed by atoms with E-state index in [1.54, 1.807) is 54.3 Å². The van der Waals surface area contributed by atoms with E-state index in [9.17, 15) is 4.79 Å². The zero-order chi connectivity index (χ0) is 19.9. The minimum atomic E-state index is -0.666. The molecule has 0 aliphatic carbocycles. The molecule has 1 amide bonds. The van der Waals surface area contributed by atoms with Crippen LogP contribution in [0.25, 0.3) is 11.4 Å². The predicted octanol–water partition coefficient (Wildman–Crippen LogP) is 4.37. The van der Waals surface area contributed by atoms with E-state index < -0.39 is 6.10 Å². The largest absolute Gasteiger partial charge is 0.481 e. The van der Waals surface area contributed by atoms with Gasteiger partial charge in [-0.05, 0) is 43.3 Å². The normalized spacial score (nSPS) is 11.6. The number of carbonyl (C=O) groups is 1. The third kappa shape index (κ3) is 4.98. The van der Waals surface area contributed by atoms with Crippen LogP contribution >= 0.6 is 11.6 Å². The molecular formula is C21H20ClN3O3. The highest BCUT2D eigenvalue weighted by molar-refractivity contribution is 6.30. The van der Waals surface area contributed by atoms with Crippen LogP contribution in [-0.2, 0) is 11.3 Å². The fraction of sp³-hybridized carbons (Fsp3) is 0.190. The van der Waals surface area contributed by atoms with Gasteiger partial charge in [-0.1, -0.05) is 41.0 Å². The summed E-state index contributed by atoms with van der Waals surface area (Å²) in [7, 11) is 0. The van der Waals surface area contributed by atoms with Crippen molar-refractivity contribution in [3.8, 4) is 17.1 Å². The van der Waals surface area contributed by atoms with E-state index in [1.807, 2.05) is 18.2 Å². The fourth-order valence-corrected chi connectivity index (χ4v) is 2.72. The maximum absolute atomic E-state index is 12.8. The second-order valence-corrected chi connectivity index (χ2v) is 6.54. The third-order valence-corrected chi connectivity index (χ3v) is 4.21. The molecule has 0 unspecified atom stereocenters. The molecule has 1 heterocycles. The number of amides is 1. The van der Waals surface area contributed by atoms with Crippen LogP contribution in [0.2, 0.25) is 5.02 Å². The lowest BCUT2D eigenvalue weighted by Gasteiger charge is -2.23. The van der Waals surface area contributed by atoms with Crippen molar-refractivity contribution in [2.75, 3.05) is 6.54 Å². The summed E-state index contributed by atoms with van der Waals surface area (Å²) in [6.07, 6.45) is 0.977. The van der Waals surface area contributed by atoms with Crippen molar-refractivity contribution >= 4 is 17.5 Å². The Labute approximate surface area is 168 Å². The SMILES string of the molecule is C=CCN(Cc1nc(-c2ccc(Cl)cc2)no1)C(=O)[C@@H](C)Oc1ccccc1. The Bertz CT molecular complexity index is 926. The molecule has 0 bridgehead atoms. The van der Waals surface area contributed by atoms with Crippen LogP contribution in [0.1, 0.15) is 12.8 Å². The number of ether oxygens (including phenoxy) is 1. The number of para-hydroxylation sites is 1. The van der Waals surface area contributed by atoms with Gasteiger partial charge in [0.25, 0.3) is 5.91 Å². The predicted molar refractivity (Wildman–Crippen MR) is 107 cm³/mol. The first kappa shape index (κ1) is 19.6. The van der Waals surface area contributed by atoms with Crippen molar-refractivity contribution in [3.63, 3.8) is 0 Å². The number of aromatic nitrogens is 2. The number of hydrogen-bond acceptors (Lipinski definition) is 5. The van der Waals surface area contributed by atoms with Gasteiger partial charge in [0.2, 0.25) is 11.7 Å². The highest BCUT2D eigenvalue weighted by Crippen LogP contribution is 2.19. The highest BCUT2D eigenvalue weighted by Gasteiger charge is 2.23. The van der Waals surface area contributed by atoms with E-state index in [1.165, 1.54) is 0 Å². The maximum Gasteiger partial charge on any atom is 0.264 e. The van der Waals surface area contributed by atoms with Gasteiger partial charge in [-0.3, -0.25) is 4.79 Å². The molecule has 0 saturated heterocycles. The number of halogens is 1. The van der Waals surface area contributed by atoms with Crippen molar-refractivity contribution in [1.82, 2.24) is 15.0 Å². The summed E-state index contributed by atoms with van der Waals surface area (Å²) in [5.41, 5.74) is 0.779. The fourth-order valence-electron chi connectivity index (χ4n) is 2.60. The molecule has 0 N–H and O–H groups in total. The van der Waals surface area contributed by atoms with Gasteiger partial charge in [-0.25, -0.2) is 0 Å². The number of rotatable bonds is 8. The molecule has 28 heavy (non-hydrogen) atoms. The van der Waals surface area contributed by atoms with E-state index in [0.29, 0.717) is 29.0 Å². The summed E-state index contributed by atoms with van der Waals surface area (Å²) in [4.78, 5) is 18.7. The van der Waals surface area contributed by atoms with Crippen molar-refractivity contribution < 1.29 is 14.1 Å². The van der Waals surface area contributed by atoms with Gasteiger partial charge in [0.05, 0.1) is 0 Å². The molecule has 1 aromatic heterocycles. The molecular weight excluding hydrogens is 378 g/mol. The van der Waals surface area contributed by atoms with Gasteiger partial charge in [-0.15, -0.1) is 6.58 Å². The van der Waals surface area contributed by atoms with Gasteiger partial charge in [0.1, 0.15) is 12.3 Å². The topological polar surface area (TPSA) is 68.5 Å². The molecule has 3 aromatic rings. The van der Waals surface area contributed by atoms with Crippen molar-refractivity contribution in [1.29, 1.82) is 0 Å². The zero-order valence-electron chi connectivity index (χ0n) is 15.4. The maximum atomic E-state index is 12.8. The first-order valence-corrected chi connectivity index (χ1v) is 9.14. The number of carbonyl (C=O) groups excluding carboxylic acids is 1. The molecule has 0 saturated carbocycles. The minimum absolute atomic E-state index is 0.161. The van der Waals surface area contributed by atoms with E-state index in [-0.39, 0.29) is 12.5 Å². The van der Waals surface area contributed by atoms with Crippen molar-refractivity contribution in [2.24, 2.45) is 0 Å². The number of nitrogens with zero attached hydrogens (tertiary/aromatic N) is 3. The molecule has 0 aliphatic rings. The molecule has 0 aliphatic heterocycles. The van der Waals surface area contributed by atoms with Crippen LogP contribution in [0.5, 0.6) is 5.75 Å². The molecule has 2 aromatic carbocycles. The van der Waals surface area contributed by atoms with Crippen molar-refractivity contribution in [3.05, 3.63) is 78.2 Å². The molecule has 0 spiro atoms. The van der Waals surface area contributed by atoms with E-state index in [2.05, 4.69) is 16.7 Å². The molecule has 144 valence electrons. The quantitative estimate of drug-likeness (QED) is 0.528. The van der Waals surface area contributed by atoms with Gasteiger partial charge < -0.3 is 14.2 Å². The van der Waals surface area contributed by atoms with E-state index in [4.69, 9.17) is 20.9 Å². The van der Waals surface area contributed by atoms with Crippen LogP contribution in [-0.4, -0.2) is 33.6 Å². The molecule has 7 heteroatoms. The summed E-state index contributed by atoms with van der Waals surface area (Å²) >= 11 is 5.90. The molecule has 1 atom stereocenters. The lowest BCUT2D eigenvalue weighted by atomic mass is 10.2. The summed E-state index contributed by atoms with van der Waals surface area (Å²) in [5, 5.41) is 4.60. The Morgan fingerprint density at radius 3 is 2.64 bits per heavy atom. The second kappa shape index (κ2) is 9.19. The van der Waals surface area contributed by atoms with Crippen LogP contribution in [0.4, 0.5) is 0 Å². The minimum Gasteiger partial charge on any atom is -0.481 e. The van der Waals surface area contributed by atoms with E-state index in [0.717, 1.165) is 5.56 Å². The first-order chi connectivity index (χ1) is 13.6. The Morgan fingerprint density at radius 1 is 1.25 bits per heavy atom. The smallest absolute Gasteiger partial charge is 0.264 e. The number of benzene rings is 2. The van der Waals surface area contributed by atoms with E-state index >= 15 is 0 Å². The Balaban J connectivity index is 1.69. The molecule has 0 fully saturated rings. The van der Waals surface area contributed by atoms with Gasteiger partial charge >= 0.3 is 0 Å². The van der Waals surface area contributed by atoms with Crippen LogP contribution in [0.3, 0.4) is 0 Å². The Kier molecular flexibility index (Phi) is 6.45. The lowest BCUT2D eigenvalue weighted by Crippen LogP contribution is -2.40. The monoisotopic (exact) mass is 397 g/mol. The standard InChI is InChI=1S/C21H20ClN3O3/c1-3-13-25(21(26)15(2)27-18-7-5-4-6-8-18)14-19-23-20(24-28-19)16-9-11-17(22)12-10-16/h3-12,15H,1,13-14H2,2H3/t15-/m1/s1. The number of hydrogen-bond donors (Lipinski definition) is 0.